The maximum atomic E-state index is 12.9. The van der Waals surface area contributed by atoms with E-state index in [0.29, 0.717) is 73.5 Å². The summed E-state index contributed by atoms with van der Waals surface area (Å²) in [5.41, 5.74) is -8.19. The zero-order chi connectivity index (χ0) is 53.3. The zero-order valence-corrected chi connectivity index (χ0v) is 43.0. The quantitative estimate of drug-likeness (QED) is 0.0773. The van der Waals surface area contributed by atoms with Crippen molar-refractivity contribution in [1.29, 1.82) is 0 Å². The molecule has 400 valence electrons. The van der Waals surface area contributed by atoms with Crippen LogP contribution in [0.25, 0.3) is 11.0 Å². The van der Waals surface area contributed by atoms with E-state index in [-0.39, 0.29) is 37.5 Å². The second kappa shape index (κ2) is 17.9. The Morgan fingerprint density at radius 2 is 1.56 bits per heavy atom. The molecule has 1 spiro atoms. The van der Waals surface area contributed by atoms with Crippen LogP contribution in [0, 0.1) is 29.1 Å². The topological polar surface area (TPSA) is 300 Å². The van der Waals surface area contributed by atoms with Crippen molar-refractivity contribution in [3.8, 4) is 5.75 Å². The Labute approximate surface area is 423 Å². The number of aliphatic hydroxyl groups excluding tert-OH is 1. The van der Waals surface area contributed by atoms with Gasteiger partial charge in [0, 0.05) is 84.7 Å². The lowest BCUT2D eigenvalue weighted by atomic mass is 9.49. The minimum Gasteiger partial charge on any atom is -0.485 e. The van der Waals surface area contributed by atoms with Gasteiger partial charge >= 0.3 is 28.0 Å². The maximum Gasteiger partial charge on any atom is 0.394 e. The lowest BCUT2D eigenvalue weighted by Gasteiger charge is -2.68. The third-order valence-corrected chi connectivity index (χ3v) is 18.7. The fraction of sp³-hybridized carbons (Fsp3) is 0.642. The second-order valence-corrected chi connectivity index (χ2v) is 23.9. The van der Waals surface area contributed by atoms with E-state index in [9.17, 15) is 45.0 Å². The van der Waals surface area contributed by atoms with Gasteiger partial charge in [0.2, 0.25) is 5.79 Å². The second-order valence-electron chi connectivity index (χ2n) is 23.0. The van der Waals surface area contributed by atoms with Crippen LogP contribution in [0.2, 0.25) is 0 Å². The van der Waals surface area contributed by atoms with Crippen LogP contribution in [0.3, 0.4) is 0 Å². The van der Waals surface area contributed by atoms with Crippen molar-refractivity contribution < 1.29 is 81.1 Å². The molecule has 19 nitrogen and oxygen atoms in total. The number of benzene rings is 2. The molecule has 0 radical (unpaired) electrons. The highest BCUT2D eigenvalue weighted by Crippen LogP contribution is 2.78. The molecule has 11 rings (SSSR count). The fourth-order valence-corrected chi connectivity index (χ4v) is 14.9. The van der Waals surface area contributed by atoms with Crippen molar-refractivity contribution >= 4 is 33.3 Å². The number of carbonyl (C=O) groups excluding carboxylic acids is 2. The zero-order valence-electron chi connectivity index (χ0n) is 42.2. The Morgan fingerprint density at radius 3 is 2.23 bits per heavy atom. The van der Waals surface area contributed by atoms with Crippen LogP contribution in [0.15, 0.2) is 75.5 Å². The number of hydrogen-bond acceptors (Lipinski definition) is 17. The van der Waals surface area contributed by atoms with Gasteiger partial charge in [-0.3, -0.25) is 14.0 Å². The molecular formula is C53H69NO18S. The highest BCUT2D eigenvalue weighted by atomic mass is 32.3. The predicted octanol–water partition coefficient (Wildman–Crippen LogP) is 4.07. The first kappa shape index (κ1) is 53.5. The smallest absolute Gasteiger partial charge is 0.394 e. The van der Waals surface area contributed by atoms with Gasteiger partial charge in [0.1, 0.15) is 45.4 Å². The maximum absolute atomic E-state index is 12.9. The predicted molar refractivity (Wildman–Crippen MR) is 260 cm³/mol. The number of piperidine rings is 2. The number of nitrogens with zero attached hydrogens (tertiary/aromatic N) is 1. The molecular weight excluding hydrogens is 971 g/mol. The summed E-state index contributed by atoms with van der Waals surface area (Å²) < 4.78 is 61.1. The molecule has 15 atom stereocenters. The van der Waals surface area contributed by atoms with Gasteiger partial charge in [-0.05, 0) is 109 Å². The van der Waals surface area contributed by atoms with Crippen molar-refractivity contribution in [1.82, 2.24) is 4.90 Å². The van der Waals surface area contributed by atoms with Crippen molar-refractivity contribution in [2.24, 2.45) is 29.1 Å². The summed E-state index contributed by atoms with van der Waals surface area (Å²) in [5.74, 6) is -3.78. The highest BCUT2D eigenvalue weighted by Gasteiger charge is 2.89. The summed E-state index contributed by atoms with van der Waals surface area (Å²) in [7, 11) is -4.67. The molecule has 3 aromatic rings. The molecule has 8 aliphatic rings. The molecule has 8 N–H and O–H groups in total. The van der Waals surface area contributed by atoms with E-state index in [4.69, 9.17) is 40.9 Å². The number of ether oxygens (including phenoxy) is 4. The van der Waals surface area contributed by atoms with Gasteiger partial charge in [-0.2, -0.15) is 8.42 Å². The van der Waals surface area contributed by atoms with Crippen LogP contribution in [-0.2, 0) is 35.8 Å². The number of fused-ring (bicyclic) bond motifs is 7. The van der Waals surface area contributed by atoms with Gasteiger partial charge < -0.3 is 54.0 Å². The van der Waals surface area contributed by atoms with Crippen LogP contribution in [0.1, 0.15) is 116 Å². The van der Waals surface area contributed by atoms with E-state index in [1.165, 1.54) is 6.07 Å². The van der Waals surface area contributed by atoms with Crippen molar-refractivity contribution in [3.63, 3.8) is 0 Å². The van der Waals surface area contributed by atoms with Gasteiger partial charge in [-0.1, -0.05) is 38.1 Å². The third kappa shape index (κ3) is 8.29. The monoisotopic (exact) mass is 1040 g/mol. The standard InChI is InChI=1S/C32H49NO9.C21H18O5.H2O4S/c1-6-18(3)25(35)41-24-11-12-26(4)19-8-9-20-28(37)13-23(34)31(39)21(29(28,38)16-30(20,26)42-32(19,24)40)15-33-14-17(2)7-10-22(33)27(31,5)36;1-21(2,26-20(23)13-6-4-3-5-7-13)18-11-15-10-14-8-9-19(22)25-16(14)12-17(15)24-18;1-5(2,3)4/h6,17,19-24,34,36-40H,7-16H2,1-5H3;3-10,12,18H,11H2,1-2H3;(H2,1,2,3,4). The number of allylic oxidation sites excluding steroid dienone is 1. The first-order valence-corrected chi connectivity index (χ1v) is 26.6. The van der Waals surface area contributed by atoms with E-state index in [2.05, 4.69) is 11.8 Å². The average Bonchev–Trinajstić information content (AvgIpc) is 3.81. The highest BCUT2D eigenvalue weighted by molar-refractivity contribution is 7.79. The van der Waals surface area contributed by atoms with Crippen LogP contribution in [0.5, 0.6) is 5.75 Å². The molecule has 73 heavy (non-hydrogen) atoms. The van der Waals surface area contributed by atoms with Crippen LogP contribution < -0.4 is 10.4 Å². The number of rotatable bonds is 5. The largest absolute Gasteiger partial charge is 0.485 e. The molecule has 20 heteroatoms. The number of esters is 2. The molecule has 7 fully saturated rings. The Hall–Kier alpha value is -4.32. The molecule has 4 aliphatic heterocycles. The first-order valence-electron chi connectivity index (χ1n) is 25.2. The molecule has 0 amide bonds. The van der Waals surface area contributed by atoms with E-state index in [1.54, 1.807) is 63.2 Å². The third-order valence-electron chi connectivity index (χ3n) is 18.7. The minimum atomic E-state index is -4.67. The van der Waals surface area contributed by atoms with E-state index in [1.807, 2.05) is 32.9 Å². The molecule has 1 aromatic heterocycles. The van der Waals surface area contributed by atoms with Crippen LogP contribution in [0.4, 0.5) is 0 Å². The molecule has 3 saturated heterocycles. The van der Waals surface area contributed by atoms with Crippen LogP contribution in [-0.4, -0.2) is 142 Å². The van der Waals surface area contributed by atoms with Gasteiger partial charge in [0.05, 0.1) is 17.3 Å². The molecule has 15 unspecified atom stereocenters. The lowest BCUT2D eigenvalue weighted by Crippen LogP contribution is -2.85. The first-order chi connectivity index (χ1) is 33.9. The Bertz CT molecular complexity index is 2860. The van der Waals surface area contributed by atoms with Crippen molar-refractivity contribution in [2.45, 2.75) is 170 Å². The van der Waals surface area contributed by atoms with Crippen LogP contribution >= 0.6 is 0 Å². The van der Waals surface area contributed by atoms with Gasteiger partial charge in [0.15, 0.2) is 6.10 Å². The fourth-order valence-electron chi connectivity index (χ4n) is 14.9. The molecule has 4 saturated carbocycles. The average molecular weight is 1040 g/mol. The van der Waals surface area contributed by atoms with Crippen molar-refractivity contribution in [2.75, 3.05) is 13.1 Å². The Kier molecular flexibility index (Phi) is 13.1. The van der Waals surface area contributed by atoms with Gasteiger partial charge in [-0.25, -0.2) is 14.4 Å². The summed E-state index contributed by atoms with van der Waals surface area (Å²) in [6.07, 6.45) is 2.58. The molecule has 4 aliphatic carbocycles. The van der Waals surface area contributed by atoms with Gasteiger partial charge in [0.25, 0.3) is 0 Å². The van der Waals surface area contributed by atoms with E-state index < -0.39 is 96.8 Å². The molecule has 4 bridgehead atoms. The Morgan fingerprint density at radius 1 is 0.890 bits per heavy atom. The summed E-state index contributed by atoms with van der Waals surface area (Å²) in [6.45, 7) is 13.7. The molecule has 5 heterocycles. The molecule has 2 aromatic carbocycles. The number of aliphatic hydroxyl groups is 6. The summed E-state index contributed by atoms with van der Waals surface area (Å²) in [4.78, 5) is 38.7. The summed E-state index contributed by atoms with van der Waals surface area (Å²) in [5, 5.41) is 74.8. The summed E-state index contributed by atoms with van der Waals surface area (Å²) in [6, 6.07) is 15.3. The summed E-state index contributed by atoms with van der Waals surface area (Å²) >= 11 is 0. The van der Waals surface area contributed by atoms with E-state index >= 15 is 0 Å². The van der Waals surface area contributed by atoms with Crippen molar-refractivity contribution in [3.05, 3.63) is 87.8 Å². The SMILES string of the molecule is CC(C)(OC(=O)c1ccccc1)C1Cc2cc3ccc(=O)oc3cc2O1.CC=C(C)C(=O)OC1CCC2(C)C3CCC4C5(O)CC(O)C6(O)C(CN7CC(C)CCC7C6(C)O)C5(O)CC42OC13O.O=S(=O)(O)O. The number of carbonyl (C=O) groups is 2. The van der Waals surface area contributed by atoms with E-state index in [0.717, 1.165) is 17.4 Å². The normalized spacial score (nSPS) is 41.2. The Balaban J connectivity index is 0.000000180. The lowest BCUT2D eigenvalue weighted by molar-refractivity contribution is -0.354. The van der Waals surface area contributed by atoms with Gasteiger partial charge in [-0.15, -0.1) is 0 Å². The number of hydrogen-bond donors (Lipinski definition) is 8. The minimum absolute atomic E-state index is 0.0606.